The first-order chi connectivity index (χ1) is 13.1. The Hall–Kier alpha value is -1.75. The van der Waals surface area contributed by atoms with Crippen molar-refractivity contribution < 1.29 is 14.3 Å². The Labute approximate surface area is 165 Å². The lowest BCUT2D eigenvalue weighted by Gasteiger charge is -2.47. The maximum atomic E-state index is 12.6. The van der Waals surface area contributed by atoms with Gasteiger partial charge in [0.25, 0.3) is 0 Å². The summed E-state index contributed by atoms with van der Waals surface area (Å²) in [6.07, 6.45) is 5.98. The van der Waals surface area contributed by atoms with Gasteiger partial charge in [0, 0.05) is 38.0 Å². The quantitative estimate of drug-likeness (QED) is 0.698. The second-order valence-electron chi connectivity index (χ2n) is 7.91. The first-order valence-electron chi connectivity index (χ1n) is 10.1. The number of ether oxygens (including phenoxy) is 1. The normalized spacial score (nSPS) is 25.3. The average Bonchev–Trinajstić information content (AvgIpc) is 3.51. The van der Waals surface area contributed by atoms with E-state index in [-0.39, 0.29) is 5.91 Å². The molecule has 2 atom stereocenters. The van der Waals surface area contributed by atoms with Gasteiger partial charge in [-0.2, -0.15) is 0 Å². The summed E-state index contributed by atoms with van der Waals surface area (Å²) in [4.78, 5) is 29.0. The van der Waals surface area contributed by atoms with Gasteiger partial charge < -0.3 is 14.5 Å². The number of amides is 2. The van der Waals surface area contributed by atoms with Crippen molar-refractivity contribution in [1.29, 1.82) is 0 Å². The molecule has 0 bridgehead atoms. The number of likely N-dealkylation sites (tertiary alicyclic amines) is 2. The summed E-state index contributed by atoms with van der Waals surface area (Å²) in [6, 6.07) is 8.22. The van der Waals surface area contributed by atoms with E-state index in [1.807, 2.05) is 23.1 Å². The van der Waals surface area contributed by atoms with Crippen LogP contribution in [0.1, 0.15) is 44.9 Å². The molecular weight excluding hydrogens is 364 g/mol. The second-order valence-corrected chi connectivity index (χ2v) is 8.32. The van der Waals surface area contributed by atoms with Crippen LogP contribution in [0.2, 0.25) is 5.02 Å². The number of nitrogens with zero attached hydrogens (tertiary/aromatic N) is 2. The molecule has 146 valence electrons. The van der Waals surface area contributed by atoms with Gasteiger partial charge in [-0.05, 0) is 50.2 Å². The van der Waals surface area contributed by atoms with E-state index in [9.17, 15) is 9.59 Å². The van der Waals surface area contributed by atoms with E-state index in [0.29, 0.717) is 60.6 Å². The molecule has 2 aliphatic heterocycles. The van der Waals surface area contributed by atoms with Gasteiger partial charge in [0.2, 0.25) is 11.8 Å². The maximum absolute atomic E-state index is 12.6. The number of halogens is 1. The van der Waals surface area contributed by atoms with Crippen molar-refractivity contribution in [2.75, 3.05) is 19.7 Å². The van der Waals surface area contributed by atoms with Crippen molar-refractivity contribution in [3.05, 3.63) is 29.3 Å². The zero-order valence-electron chi connectivity index (χ0n) is 15.6. The largest absolute Gasteiger partial charge is 0.492 e. The zero-order chi connectivity index (χ0) is 18.8. The summed E-state index contributed by atoms with van der Waals surface area (Å²) in [5.41, 5.74) is 0. The average molecular weight is 391 g/mol. The lowest BCUT2D eigenvalue weighted by Crippen LogP contribution is -2.57. The van der Waals surface area contributed by atoms with Crippen LogP contribution in [-0.2, 0) is 9.59 Å². The van der Waals surface area contributed by atoms with Crippen LogP contribution in [0.5, 0.6) is 5.75 Å². The molecule has 27 heavy (non-hydrogen) atoms. The van der Waals surface area contributed by atoms with Gasteiger partial charge in [0.15, 0.2) is 0 Å². The second kappa shape index (κ2) is 8.09. The van der Waals surface area contributed by atoms with Crippen molar-refractivity contribution in [2.45, 2.75) is 57.0 Å². The van der Waals surface area contributed by atoms with E-state index in [1.165, 1.54) is 0 Å². The minimum absolute atomic E-state index is 0.200. The van der Waals surface area contributed by atoms with E-state index in [4.69, 9.17) is 16.3 Å². The minimum atomic E-state index is 0.200. The minimum Gasteiger partial charge on any atom is -0.492 e. The number of hydrogen-bond donors (Lipinski definition) is 0. The summed E-state index contributed by atoms with van der Waals surface area (Å²) >= 11 is 6.07. The van der Waals surface area contributed by atoms with Gasteiger partial charge in [0.1, 0.15) is 5.75 Å². The molecule has 4 rings (SSSR count). The number of carbonyl (C=O) groups excluding carboxylic acids is 2. The Morgan fingerprint density at radius 1 is 1.19 bits per heavy atom. The fourth-order valence-corrected chi connectivity index (χ4v) is 4.66. The summed E-state index contributed by atoms with van der Waals surface area (Å²) in [5.74, 6) is 1.64. The van der Waals surface area contributed by atoms with Crippen LogP contribution in [0.15, 0.2) is 24.3 Å². The standard InChI is InChI=1S/C21H27ClN2O3/c22-17-4-1-2-5-19(17)27-13-3-6-20(25)23-12-11-18-15(14-23)7-10-21(26)24(18)16-8-9-16/h1-2,4-5,15-16,18H,3,6-14H2/t15-,18+/m1/s1. The molecule has 6 heteroatoms. The van der Waals surface area contributed by atoms with Crippen molar-refractivity contribution in [3.8, 4) is 5.75 Å². The summed E-state index contributed by atoms with van der Waals surface area (Å²) < 4.78 is 5.67. The zero-order valence-corrected chi connectivity index (χ0v) is 16.4. The lowest BCUT2D eigenvalue weighted by atomic mass is 9.83. The molecule has 2 saturated heterocycles. The summed E-state index contributed by atoms with van der Waals surface area (Å²) in [5, 5.41) is 0.595. The number of carbonyl (C=O) groups is 2. The smallest absolute Gasteiger partial charge is 0.223 e. The highest BCUT2D eigenvalue weighted by Crippen LogP contribution is 2.39. The van der Waals surface area contributed by atoms with Crippen molar-refractivity contribution in [1.82, 2.24) is 9.80 Å². The first kappa shape index (κ1) is 18.6. The third kappa shape index (κ3) is 4.23. The van der Waals surface area contributed by atoms with Crippen LogP contribution in [0.3, 0.4) is 0 Å². The first-order valence-corrected chi connectivity index (χ1v) is 10.5. The van der Waals surface area contributed by atoms with Crippen LogP contribution >= 0.6 is 11.6 Å². The topological polar surface area (TPSA) is 49.9 Å². The van der Waals surface area contributed by atoms with Gasteiger partial charge >= 0.3 is 0 Å². The number of piperidine rings is 2. The van der Waals surface area contributed by atoms with Crippen molar-refractivity contribution in [2.24, 2.45) is 5.92 Å². The molecule has 0 N–H and O–H groups in total. The monoisotopic (exact) mass is 390 g/mol. The third-order valence-electron chi connectivity index (χ3n) is 5.99. The fraction of sp³-hybridized carbons (Fsp3) is 0.619. The molecule has 3 fully saturated rings. The predicted molar refractivity (Wildman–Crippen MR) is 104 cm³/mol. The highest BCUT2D eigenvalue weighted by atomic mass is 35.5. The van der Waals surface area contributed by atoms with Crippen LogP contribution < -0.4 is 4.74 Å². The molecule has 0 radical (unpaired) electrons. The van der Waals surface area contributed by atoms with E-state index >= 15 is 0 Å². The number of hydrogen-bond acceptors (Lipinski definition) is 3. The molecule has 1 saturated carbocycles. The molecule has 1 aliphatic carbocycles. The number of benzene rings is 1. The van der Waals surface area contributed by atoms with E-state index in [1.54, 1.807) is 6.07 Å². The molecule has 0 unspecified atom stereocenters. The van der Waals surface area contributed by atoms with E-state index < -0.39 is 0 Å². The van der Waals surface area contributed by atoms with Crippen LogP contribution in [0.4, 0.5) is 0 Å². The lowest BCUT2D eigenvalue weighted by molar-refractivity contribution is -0.145. The predicted octanol–water partition coefficient (Wildman–Crippen LogP) is 3.50. The van der Waals surface area contributed by atoms with Gasteiger partial charge in [-0.3, -0.25) is 9.59 Å². The fourth-order valence-electron chi connectivity index (χ4n) is 4.47. The van der Waals surface area contributed by atoms with Gasteiger partial charge in [0.05, 0.1) is 11.6 Å². The van der Waals surface area contributed by atoms with Crippen molar-refractivity contribution >= 4 is 23.4 Å². The molecule has 0 aromatic heterocycles. The van der Waals surface area contributed by atoms with Gasteiger partial charge in [-0.15, -0.1) is 0 Å². The molecular formula is C21H27ClN2O3. The van der Waals surface area contributed by atoms with Crippen LogP contribution in [-0.4, -0.2) is 53.4 Å². The summed E-state index contributed by atoms with van der Waals surface area (Å²) in [6.45, 7) is 2.05. The highest BCUT2D eigenvalue weighted by molar-refractivity contribution is 6.32. The Kier molecular flexibility index (Phi) is 5.58. The number of rotatable bonds is 6. The third-order valence-corrected chi connectivity index (χ3v) is 6.30. The Morgan fingerprint density at radius 3 is 2.78 bits per heavy atom. The SMILES string of the molecule is O=C(CCCOc1ccccc1Cl)N1CC[C@H]2[C@H](CCC(=O)N2C2CC2)C1. The Morgan fingerprint density at radius 2 is 2.00 bits per heavy atom. The molecule has 2 amide bonds. The Balaban J connectivity index is 1.23. The van der Waals surface area contributed by atoms with Crippen LogP contribution in [0, 0.1) is 5.92 Å². The van der Waals surface area contributed by atoms with Crippen molar-refractivity contribution in [3.63, 3.8) is 0 Å². The van der Waals surface area contributed by atoms with Gasteiger partial charge in [-0.1, -0.05) is 23.7 Å². The number of para-hydroxylation sites is 1. The number of fused-ring (bicyclic) bond motifs is 1. The Bertz CT molecular complexity index is 706. The molecule has 0 spiro atoms. The van der Waals surface area contributed by atoms with Gasteiger partial charge in [-0.25, -0.2) is 0 Å². The highest BCUT2D eigenvalue weighted by Gasteiger charge is 2.45. The molecule has 2 heterocycles. The maximum Gasteiger partial charge on any atom is 0.223 e. The van der Waals surface area contributed by atoms with Crippen LogP contribution in [0.25, 0.3) is 0 Å². The van der Waals surface area contributed by atoms with E-state index in [2.05, 4.69) is 4.90 Å². The summed E-state index contributed by atoms with van der Waals surface area (Å²) in [7, 11) is 0. The molecule has 5 nitrogen and oxygen atoms in total. The molecule has 3 aliphatic rings. The molecule has 1 aromatic carbocycles. The van der Waals surface area contributed by atoms with E-state index in [0.717, 1.165) is 38.8 Å². The molecule has 1 aromatic rings.